The molecule has 0 radical (unpaired) electrons. The number of benzene rings is 3. The van der Waals surface area contributed by atoms with Crippen molar-refractivity contribution in [3.8, 4) is 17.2 Å². The van der Waals surface area contributed by atoms with Crippen molar-refractivity contribution in [2.75, 3.05) is 7.11 Å². The van der Waals surface area contributed by atoms with Crippen LogP contribution in [0.4, 0.5) is 0 Å². The first-order valence-corrected chi connectivity index (χ1v) is 7.23. The summed E-state index contributed by atoms with van der Waals surface area (Å²) in [5.74, 6) is 1.28. The Balaban J connectivity index is 2.05. The maximum atomic E-state index is 10.2. The van der Waals surface area contributed by atoms with Crippen molar-refractivity contribution >= 4 is 22.4 Å². The third kappa shape index (κ3) is 2.68. The van der Waals surface area contributed by atoms with Crippen LogP contribution in [0, 0.1) is 0 Å². The second kappa shape index (κ2) is 6.16. The summed E-state index contributed by atoms with van der Waals surface area (Å²) in [6, 6.07) is 16.6. The zero-order valence-electron chi connectivity index (χ0n) is 12.0. The van der Waals surface area contributed by atoms with E-state index in [1.807, 2.05) is 30.3 Å². The summed E-state index contributed by atoms with van der Waals surface area (Å²) in [6.45, 7) is 0.411. The summed E-state index contributed by atoms with van der Waals surface area (Å²) in [5.41, 5.74) is 1.05. The first kappa shape index (κ1) is 14.5. The van der Waals surface area contributed by atoms with Gasteiger partial charge in [0.2, 0.25) is 0 Å². The lowest BCUT2D eigenvalue weighted by Crippen LogP contribution is -1.96. The summed E-state index contributed by atoms with van der Waals surface area (Å²) in [7, 11) is 1.57. The van der Waals surface area contributed by atoms with Gasteiger partial charge in [-0.05, 0) is 29.8 Å². The highest BCUT2D eigenvalue weighted by atomic mass is 35.5. The third-order valence-electron chi connectivity index (χ3n) is 3.47. The molecule has 112 valence electrons. The number of fused-ring (bicyclic) bond motifs is 1. The van der Waals surface area contributed by atoms with Crippen LogP contribution in [0.25, 0.3) is 10.8 Å². The summed E-state index contributed by atoms with van der Waals surface area (Å²) in [5, 5.41) is 11.9. The molecule has 0 fully saturated rings. The topological polar surface area (TPSA) is 38.7 Å². The molecule has 0 spiro atoms. The van der Waals surface area contributed by atoms with Gasteiger partial charge in [0, 0.05) is 5.39 Å². The third-order valence-corrected chi connectivity index (χ3v) is 3.78. The number of phenols is 1. The predicted molar refractivity (Wildman–Crippen MR) is 87.9 cm³/mol. The van der Waals surface area contributed by atoms with Crippen molar-refractivity contribution in [1.82, 2.24) is 0 Å². The standard InChI is InChI=1S/C18H15ClO3/c1-21-15-10-8-14(20)18-16(9-7-13(19)17(15)18)22-11-12-5-3-2-4-6-12/h2-10,20H,11H2,1H3. The number of rotatable bonds is 4. The molecule has 0 aliphatic rings. The average Bonchev–Trinajstić information content (AvgIpc) is 2.56. The van der Waals surface area contributed by atoms with E-state index in [-0.39, 0.29) is 5.75 Å². The number of hydrogen-bond acceptors (Lipinski definition) is 3. The molecule has 0 bridgehead atoms. The highest BCUT2D eigenvalue weighted by Crippen LogP contribution is 2.42. The molecule has 3 aromatic rings. The fourth-order valence-corrected chi connectivity index (χ4v) is 2.65. The molecule has 0 aliphatic heterocycles. The summed E-state index contributed by atoms with van der Waals surface area (Å²) in [4.78, 5) is 0. The predicted octanol–water partition coefficient (Wildman–Crippen LogP) is 4.79. The van der Waals surface area contributed by atoms with Crippen molar-refractivity contribution in [3.05, 3.63) is 65.2 Å². The van der Waals surface area contributed by atoms with Gasteiger partial charge in [-0.25, -0.2) is 0 Å². The van der Waals surface area contributed by atoms with E-state index >= 15 is 0 Å². The van der Waals surface area contributed by atoms with E-state index in [1.165, 1.54) is 0 Å². The van der Waals surface area contributed by atoms with Gasteiger partial charge in [0.25, 0.3) is 0 Å². The molecule has 0 atom stereocenters. The van der Waals surface area contributed by atoms with Crippen LogP contribution in [-0.4, -0.2) is 12.2 Å². The zero-order chi connectivity index (χ0) is 15.5. The summed E-state index contributed by atoms with van der Waals surface area (Å²) in [6.07, 6.45) is 0. The van der Waals surface area contributed by atoms with Gasteiger partial charge in [0.1, 0.15) is 23.9 Å². The SMILES string of the molecule is COc1ccc(O)c2c(OCc3ccccc3)ccc(Cl)c12. The zero-order valence-corrected chi connectivity index (χ0v) is 12.8. The van der Waals surface area contributed by atoms with Crippen molar-refractivity contribution in [2.24, 2.45) is 0 Å². The molecule has 0 heterocycles. The number of halogens is 1. The number of ether oxygens (including phenoxy) is 2. The Bertz CT molecular complexity index is 800. The Kier molecular flexibility index (Phi) is 4.07. The van der Waals surface area contributed by atoms with E-state index in [9.17, 15) is 5.11 Å². The number of hydrogen-bond donors (Lipinski definition) is 1. The van der Waals surface area contributed by atoms with Crippen LogP contribution >= 0.6 is 11.6 Å². The van der Waals surface area contributed by atoms with Crippen LogP contribution in [0.5, 0.6) is 17.2 Å². The molecular weight excluding hydrogens is 300 g/mol. The smallest absolute Gasteiger partial charge is 0.131 e. The van der Waals surface area contributed by atoms with E-state index in [0.29, 0.717) is 33.9 Å². The van der Waals surface area contributed by atoms with Crippen LogP contribution in [0.2, 0.25) is 5.02 Å². The van der Waals surface area contributed by atoms with E-state index < -0.39 is 0 Å². The minimum atomic E-state index is 0.112. The minimum absolute atomic E-state index is 0.112. The molecule has 3 aromatic carbocycles. The number of methoxy groups -OCH3 is 1. The molecule has 0 aliphatic carbocycles. The highest BCUT2D eigenvalue weighted by Gasteiger charge is 2.14. The summed E-state index contributed by atoms with van der Waals surface area (Å²) < 4.78 is 11.2. The Morgan fingerprint density at radius 3 is 2.36 bits per heavy atom. The van der Waals surface area contributed by atoms with Crippen molar-refractivity contribution in [2.45, 2.75) is 6.61 Å². The van der Waals surface area contributed by atoms with E-state index in [2.05, 4.69) is 0 Å². The van der Waals surface area contributed by atoms with Crippen LogP contribution in [-0.2, 0) is 6.61 Å². The molecule has 1 N–H and O–H groups in total. The first-order valence-electron chi connectivity index (χ1n) is 6.85. The first-order chi connectivity index (χ1) is 10.7. The second-order valence-electron chi connectivity index (χ2n) is 4.86. The van der Waals surface area contributed by atoms with Crippen molar-refractivity contribution in [3.63, 3.8) is 0 Å². The quantitative estimate of drug-likeness (QED) is 0.752. The fraction of sp³-hybridized carbons (Fsp3) is 0.111. The highest BCUT2D eigenvalue weighted by molar-refractivity contribution is 6.36. The largest absolute Gasteiger partial charge is 0.507 e. The molecule has 0 unspecified atom stereocenters. The normalized spacial score (nSPS) is 10.6. The van der Waals surface area contributed by atoms with Gasteiger partial charge in [-0.15, -0.1) is 0 Å². The van der Waals surface area contributed by atoms with Crippen molar-refractivity contribution < 1.29 is 14.6 Å². The van der Waals surface area contributed by atoms with Crippen LogP contribution < -0.4 is 9.47 Å². The van der Waals surface area contributed by atoms with Crippen LogP contribution in [0.3, 0.4) is 0 Å². The Hall–Kier alpha value is -2.39. The van der Waals surface area contributed by atoms with Gasteiger partial charge >= 0.3 is 0 Å². The van der Waals surface area contributed by atoms with Gasteiger partial charge in [-0.2, -0.15) is 0 Å². The molecule has 3 rings (SSSR count). The van der Waals surface area contributed by atoms with Gasteiger partial charge < -0.3 is 14.6 Å². The summed E-state index contributed by atoms with van der Waals surface area (Å²) >= 11 is 6.26. The maximum absolute atomic E-state index is 10.2. The molecule has 22 heavy (non-hydrogen) atoms. The van der Waals surface area contributed by atoms with E-state index in [1.54, 1.807) is 31.4 Å². The lowest BCUT2D eigenvalue weighted by Gasteiger charge is -2.14. The molecule has 0 saturated carbocycles. The van der Waals surface area contributed by atoms with E-state index in [0.717, 1.165) is 5.56 Å². The average molecular weight is 315 g/mol. The molecule has 0 amide bonds. The number of phenolic OH excluding ortho intramolecular Hbond substituents is 1. The molecular formula is C18H15ClO3. The Morgan fingerprint density at radius 1 is 0.909 bits per heavy atom. The lowest BCUT2D eigenvalue weighted by atomic mass is 10.1. The van der Waals surface area contributed by atoms with Gasteiger partial charge in [-0.3, -0.25) is 0 Å². The Morgan fingerprint density at radius 2 is 1.64 bits per heavy atom. The van der Waals surface area contributed by atoms with Crippen LogP contribution in [0.15, 0.2) is 54.6 Å². The van der Waals surface area contributed by atoms with Gasteiger partial charge in [-0.1, -0.05) is 41.9 Å². The molecule has 0 saturated heterocycles. The fourth-order valence-electron chi connectivity index (χ4n) is 2.40. The van der Waals surface area contributed by atoms with Gasteiger partial charge in [0.15, 0.2) is 0 Å². The van der Waals surface area contributed by atoms with E-state index in [4.69, 9.17) is 21.1 Å². The molecule has 0 aromatic heterocycles. The Labute approximate surface area is 133 Å². The monoisotopic (exact) mass is 314 g/mol. The molecule has 3 nitrogen and oxygen atoms in total. The minimum Gasteiger partial charge on any atom is -0.507 e. The van der Waals surface area contributed by atoms with Gasteiger partial charge in [0.05, 0.1) is 17.5 Å². The maximum Gasteiger partial charge on any atom is 0.131 e. The lowest BCUT2D eigenvalue weighted by molar-refractivity contribution is 0.309. The molecule has 4 heteroatoms. The van der Waals surface area contributed by atoms with Crippen molar-refractivity contribution in [1.29, 1.82) is 0 Å². The number of aromatic hydroxyl groups is 1. The second-order valence-corrected chi connectivity index (χ2v) is 5.26. The van der Waals surface area contributed by atoms with Crippen LogP contribution in [0.1, 0.15) is 5.56 Å².